The summed E-state index contributed by atoms with van der Waals surface area (Å²) in [6, 6.07) is 5.08. The molecule has 104 valence electrons. The standard InChI is InChI=1S/C14H18ClNO3/c1-18-12-8-10(2-3-11(12)15)13(17)14(9-16)4-6-19-7-5-14/h2-3,8H,4-7,9,16H2,1H3. The zero-order chi connectivity index (χ0) is 13.9. The second-order valence-corrected chi connectivity index (χ2v) is 5.18. The second kappa shape index (κ2) is 5.90. The summed E-state index contributed by atoms with van der Waals surface area (Å²) >= 11 is 5.97. The van der Waals surface area contributed by atoms with Crippen LogP contribution in [0, 0.1) is 5.41 Å². The monoisotopic (exact) mass is 283 g/mol. The minimum atomic E-state index is -0.517. The minimum Gasteiger partial charge on any atom is -0.495 e. The van der Waals surface area contributed by atoms with Crippen LogP contribution in [0.2, 0.25) is 5.02 Å². The number of hydrogen-bond acceptors (Lipinski definition) is 4. The number of benzene rings is 1. The van der Waals surface area contributed by atoms with E-state index in [1.807, 2.05) is 0 Å². The van der Waals surface area contributed by atoms with Crippen LogP contribution in [0.15, 0.2) is 18.2 Å². The van der Waals surface area contributed by atoms with Gasteiger partial charge in [-0.15, -0.1) is 0 Å². The van der Waals surface area contributed by atoms with Gasteiger partial charge in [0.1, 0.15) is 5.75 Å². The summed E-state index contributed by atoms with van der Waals surface area (Å²) in [5.74, 6) is 0.556. The fourth-order valence-corrected chi connectivity index (χ4v) is 2.59. The average molecular weight is 284 g/mol. The number of ketones is 1. The van der Waals surface area contributed by atoms with Crippen molar-refractivity contribution in [2.45, 2.75) is 12.8 Å². The van der Waals surface area contributed by atoms with Crippen molar-refractivity contribution >= 4 is 17.4 Å². The normalized spacial score (nSPS) is 18.1. The largest absolute Gasteiger partial charge is 0.495 e. The highest BCUT2D eigenvalue weighted by Gasteiger charge is 2.39. The summed E-state index contributed by atoms with van der Waals surface area (Å²) < 4.78 is 10.5. The summed E-state index contributed by atoms with van der Waals surface area (Å²) in [5.41, 5.74) is 5.92. The summed E-state index contributed by atoms with van der Waals surface area (Å²) in [6.07, 6.45) is 1.32. The molecule has 0 unspecified atom stereocenters. The molecule has 2 rings (SSSR count). The van der Waals surface area contributed by atoms with Gasteiger partial charge in [0.25, 0.3) is 0 Å². The fraction of sp³-hybridized carbons (Fsp3) is 0.500. The SMILES string of the molecule is COc1cc(C(=O)C2(CN)CCOCC2)ccc1Cl. The van der Waals surface area contributed by atoms with Crippen molar-refractivity contribution in [3.63, 3.8) is 0 Å². The molecule has 4 nitrogen and oxygen atoms in total. The Kier molecular flexibility index (Phi) is 4.45. The first-order valence-electron chi connectivity index (χ1n) is 6.29. The molecule has 0 aromatic heterocycles. The third-order valence-corrected chi connectivity index (χ3v) is 4.05. The number of methoxy groups -OCH3 is 1. The van der Waals surface area contributed by atoms with Crippen LogP contribution in [0.4, 0.5) is 0 Å². The van der Waals surface area contributed by atoms with E-state index in [-0.39, 0.29) is 5.78 Å². The summed E-state index contributed by atoms with van der Waals surface area (Å²) in [7, 11) is 1.53. The molecule has 1 saturated heterocycles. The Bertz CT molecular complexity index is 470. The Hall–Kier alpha value is -1.10. The number of halogens is 1. The van der Waals surface area contributed by atoms with Crippen molar-refractivity contribution in [1.82, 2.24) is 0 Å². The molecule has 0 amide bonds. The number of carbonyl (C=O) groups is 1. The number of nitrogens with two attached hydrogens (primary N) is 1. The minimum absolute atomic E-state index is 0.0493. The van der Waals surface area contributed by atoms with E-state index in [1.54, 1.807) is 18.2 Å². The first-order valence-corrected chi connectivity index (χ1v) is 6.67. The van der Waals surface area contributed by atoms with Gasteiger partial charge in [-0.25, -0.2) is 0 Å². The van der Waals surface area contributed by atoms with E-state index in [2.05, 4.69) is 0 Å². The zero-order valence-corrected chi connectivity index (χ0v) is 11.7. The van der Waals surface area contributed by atoms with Crippen LogP contribution < -0.4 is 10.5 Å². The number of rotatable bonds is 4. The van der Waals surface area contributed by atoms with Gasteiger partial charge >= 0.3 is 0 Å². The molecule has 5 heteroatoms. The van der Waals surface area contributed by atoms with Crippen LogP contribution in [0.1, 0.15) is 23.2 Å². The highest BCUT2D eigenvalue weighted by Crippen LogP contribution is 2.35. The van der Waals surface area contributed by atoms with Gasteiger partial charge in [0.15, 0.2) is 5.78 Å². The van der Waals surface area contributed by atoms with Crippen LogP contribution >= 0.6 is 11.6 Å². The molecule has 0 aliphatic carbocycles. The van der Waals surface area contributed by atoms with Crippen molar-refractivity contribution in [2.24, 2.45) is 11.1 Å². The molecule has 0 atom stereocenters. The molecular formula is C14H18ClNO3. The molecule has 1 heterocycles. The Balaban J connectivity index is 2.31. The Morgan fingerprint density at radius 2 is 2.16 bits per heavy atom. The van der Waals surface area contributed by atoms with E-state index in [9.17, 15) is 4.79 Å². The van der Waals surface area contributed by atoms with Gasteiger partial charge in [0, 0.05) is 25.3 Å². The maximum absolute atomic E-state index is 12.7. The second-order valence-electron chi connectivity index (χ2n) is 4.78. The third-order valence-electron chi connectivity index (χ3n) is 3.74. The fourth-order valence-electron chi connectivity index (χ4n) is 2.39. The van der Waals surface area contributed by atoms with Gasteiger partial charge in [0.05, 0.1) is 17.5 Å². The molecule has 1 aromatic carbocycles. The molecule has 19 heavy (non-hydrogen) atoms. The number of ether oxygens (including phenoxy) is 2. The summed E-state index contributed by atoms with van der Waals surface area (Å²) in [6.45, 7) is 1.49. The van der Waals surface area contributed by atoms with Gasteiger partial charge < -0.3 is 15.2 Å². The van der Waals surface area contributed by atoms with Crippen molar-refractivity contribution in [3.8, 4) is 5.75 Å². The third kappa shape index (κ3) is 2.76. The summed E-state index contributed by atoms with van der Waals surface area (Å²) in [4.78, 5) is 12.7. The summed E-state index contributed by atoms with van der Waals surface area (Å²) in [5, 5.41) is 0.493. The van der Waals surface area contributed by atoms with E-state index >= 15 is 0 Å². The van der Waals surface area contributed by atoms with E-state index in [0.29, 0.717) is 48.9 Å². The first-order chi connectivity index (χ1) is 9.13. The van der Waals surface area contributed by atoms with Crippen LogP contribution in [0.3, 0.4) is 0 Å². The lowest BCUT2D eigenvalue weighted by Crippen LogP contribution is -2.43. The van der Waals surface area contributed by atoms with Crippen molar-refractivity contribution in [3.05, 3.63) is 28.8 Å². The quantitative estimate of drug-likeness (QED) is 0.861. The van der Waals surface area contributed by atoms with Crippen molar-refractivity contribution in [1.29, 1.82) is 0 Å². The van der Waals surface area contributed by atoms with Gasteiger partial charge in [0.2, 0.25) is 0 Å². The predicted octanol–water partition coefficient (Wildman–Crippen LogP) is 2.29. The van der Waals surface area contributed by atoms with Gasteiger partial charge in [-0.3, -0.25) is 4.79 Å². The number of hydrogen-bond donors (Lipinski definition) is 1. The lowest BCUT2D eigenvalue weighted by molar-refractivity contribution is 0.0200. The highest BCUT2D eigenvalue weighted by atomic mass is 35.5. The van der Waals surface area contributed by atoms with Crippen molar-refractivity contribution in [2.75, 3.05) is 26.9 Å². The maximum atomic E-state index is 12.7. The Morgan fingerprint density at radius 1 is 1.47 bits per heavy atom. The van der Waals surface area contributed by atoms with E-state index in [0.717, 1.165) is 0 Å². The molecule has 0 radical (unpaired) electrons. The van der Waals surface area contributed by atoms with E-state index in [4.69, 9.17) is 26.8 Å². The highest BCUT2D eigenvalue weighted by molar-refractivity contribution is 6.32. The topological polar surface area (TPSA) is 61.5 Å². The Morgan fingerprint density at radius 3 is 2.74 bits per heavy atom. The Labute approximate surface area is 117 Å². The molecular weight excluding hydrogens is 266 g/mol. The first kappa shape index (κ1) is 14.3. The molecule has 0 spiro atoms. The zero-order valence-electron chi connectivity index (χ0n) is 10.9. The maximum Gasteiger partial charge on any atom is 0.170 e. The predicted molar refractivity (Wildman–Crippen MR) is 73.9 cm³/mol. The lowest BCUT2D eigenvalue weighted by Gasteiger charge is -2.34. The van der Waals surface area contributed by atoms with Gasteiger partial charge in [-0.2, -0.15) is 0 Å². The number of carbonyl (C=O) groups excluding carboxylic acids is 1. The molecule has 1 aromatic rings. The molecule has 1 fully saturated rings. The van der Waals surface area contributed by atoms with Crippen LogP contribution in [0.25, 0.3) is 0 Å². The van der Waals surface area contributed by atoms with E-state index < -0.39 is 5.41 Å². The van der Waals surface area contributed by atoms with E-state index in [1.165, 1.54) is 7.11 Å². The molecule has 1 aliphatic rings. The van der Waals surface area contributed by atoms with Crippen molar-refractivity contribution < 1.29 is 14.3 Å². The van der Waals surface area contributed by atoms with Gasteiger partial charge in [-0.05, 0) is 31.0 Å². The van der Waals surface area contributed by atoms with Crippen LogP contribution in [-0.4, -0.2) is 32.7 Å². The smallest absolute Gasteiger partial charge is 0.170 e. The average Bonchev–Trinajstić information content (AvgIpc) is 2.47. The van der Waals surface area contributed by atoms with Crippen LogP contribution in [-0.2, 0) is 4.74 Å². The molecule has 0 bridgehead atoms. The molecule has 1 aliphatic heterocycles. The van der Waals surface area contributed by atoms with Gasteiger partial charge in [-0.1, -0.05) is 11.6 Å². The molecule has 2 N–H and O–H groups in total. The van der Waals surface area contributed by atoms with Crippen LogP contribution in [0.5, 0.6) is 5.75 Å². The molecule has 0 saturated carbocycles. The lowest BCUT2D eigenvalue weighted by atomic mass is 9.74. The number of Topliss-reactive ketones (excluding diaryl/α,β-unsaturated/α-hetero) is 1.